The normalized spacial score (nSPS) is 9.48. The number of pyridine rings is 2. The summed E-state index contributed by atoms with van der Waals surface area (Å²) < 4.78 is 0. The summed E-state index contributed by atoms with van der Waals surface area (Å²) in [6, 6.07) is 15.1. The summed E-state index contributed by atoms with van der Waals surface area (Å²) in [6.07, 6.45) is 3.26. The van der Waals surface area contributed by atoms with Gasteiger partial charge in [-0.1, -0.05) is 38.5 Å². The number of aromatic carboxylic acids is 1. The van der Waals surface area contributed by atoms with Crippen molar-refractivity contribution in [1.82, 2.24) is 9.97 Å². The summed E-state index contributed by atoms with van der Waals surface area (Å²) in [5.74, 6) is 0.0961. The molecular formula is C22H22N2O2Sr. The van der Waals surface area contributed by atoms with E-state index >= 15 is 0 Å². The molecule has 0 saturated carbocycles. The van der Waals surface area contributed by atoms with Gasteiger partial charge in [0.15, 0.2) is 0 Å². The van der Waals surface area contributed by atoms with Crippen molar-refractivity contribution in [3.63, 3.8) is 0 Å². The number of benzene rings is 1. The van der Waals surface area contributed by atoms with E-state index in [1.165, 1.54) is 40.4 Å². The number of hydrogen-bond donors (Lipinski definition) is 0. The molecule has 0 saturated heterocycles. The molecule has 0 aliphatic heterocycles. The molecule has 0 aliphatic carbocycles. The Labute approximate surface area is 198 Å². The van der Waals surface area contributed by atoms with Crippen LogP contribution in [0.4, 0.5) is 0 Å². The number of carbonyl (C=O) groups excluding carboxylic acids is 1. The van der Waals surface area contributed by atoms with Crippen molar-refractivity contribution < 1.29 is 9.90 Å². The molecule has 134 valence electrons. The fourth-order valence-electron chi connectivity index (χ4n) is 2.84. The van der Waals surface area contributed by atoms with Crippen LogP contribution in [-0.2, 0) is 0 Å². The quantitative estimate of drug-likeness (QED) is 0.469. The van der Waals surface area contributed by atoms with E-state index in [9.17, 15) is 9.90 Å². The fourth-order valence-corrected chi connectivity index (χ4v) is 2.84. The van der Waals surface area contributed by atoms with Gasteiger partial charge in [-0.2, -0.15) is 17.0 Å². The summed E-state index contributed by atoms with van der Waals surface area (Å²) in [4.78, 5) is 18.0. The van der Waals surface area contributed by atoms with E-state index in [4.69, 9.17) is 0 Å². The van der Waals surface area contributed by atoms with Crippen molar-refractivity contribution in [1.29, 1.82) is 0 Å². The van der Waals surface area contributed by atoms with Crippen molar-refractivity contribution in [2.24, 2.45) is 0 Å². The Morgan fingerprint density at radius 2 is 1.59 bits per heavy atom. The van der Waals surface area contributed by atoms with E-state index in [1.54, 1.807) is 12.1 Å². The van der Waals surface area contributed by atoms with Crippen molar-refractivity contribution in [3.05, 3.63) is 89.2 Å². The summed E-state index contributed by atoms with van der Waals surface area (Å²) in [6.45, 7) is 8.62. The molecular weight excluding hydrogens is 412 g/mol. The van der Waals surface area contributed by atoms with E-state index < -0.39 is 5.97 Å². The van der Waals surface area contributed by atoms with Crippen LogP contribution in [0.15, 0.2) is 60.9 Å². The minimum atomic E-state index is -1.24. The number of carboxylic acids is 1. The molecule has 5 heteroatoms. The first-order valence-corrected chi connectivity index (χ1v) is 8.35. The van der Waals surface area contributed by atoms with Crippen LogP contribution >= 0.6 is 0 Å². The number of aryl methyl sites for hydroxylation is 2. The number of aromatic nitrogens is 2. The Morgan fingerprint density at radius 3 is 2.04 bits per heavy atom. The summed E-state index contributed by atoms with van der Waals surface area (Å²) in [5.41, 5.74) is 6.20. The van der Waals surface area contributed by atoms with Gasteiger partial charge in [-0.3, -0.25) is 9.97 Å². The summed E-state index contributed by atoms with van der Waals surface area (Å²) in [7, 11) is 0. The molecule has 0 aliphatic rings. The van der Waals surface area contributed by atoms with Gasteiger partial charge in [0.05, 0.1) is 11.7 Å². The van der Waals surface area contributed by atoms with Gasteiger partial charge in [0.2, 0.25) is 0 Å². The third-order valence-corrected chi connectivity index (χ3v) is 3.79. The third-order valence-electron chi connectivity index (χ3n) is 3.79. The zero-order valence-corrected chi connectivity index (χ0v) is 19.7. The Kier molecular flexibility index (Phi) is 9.74. The van der Waals surface area contributed by atoms with Crippen LogP contribution in [0.5, 0.6) is 0 Å². The molecule has 2 aromatic heterocycles. The van der Waals surface area contributed by atoms with Gasteiger partial charge < -0.3 is 9.90 Å². The van der Waals surface area contributed by atoms with E-state index in [0.717, 1.165) is 5.69 Å². The standard InChI is InChI=1S/C16H18N.C6H5NO2.Sr/c1-11(2)16-13(4)9-12(3)10-14(16)15-7-5-6-8-17-15;8-6(9)5-3-1-2-4-7-5;/h5-10H,1-4H3;1-4H,(H,8,9);/q-1;;+2/p-1. The first kappa shape index (κ1) is 23.4. The Morgan fingerprint density at radius 1 is 0.963 bits per heavy atom. The smallest absolute Gasteiger partial charge is 0.543 e. The van der Waals surface area contributed by atoms with Gasteiger partial charge in [0.1, 0.15) is 0 Å². The van der Waals surface area contributed by atoms with Crippen LogP contribution in [0.2, 0.25) is 0 Å². The minimum absolute atomic E-state index is 0. The second kappa shape index (κ2) is 11.2. The molecule has 0 radical (unpaired) electrons. The first-order valence-electron chi connectivity index (χ1n) is 8.35. The topological polar surface area (TPSA) is 65.9 Å². The largest absolute Gasteiger partial charge is 2.00 e. The molecule has 4 nitrogen and oxygen atoms in total. The third kappa shape index (κ3) is 6.78. The SMILES string of the molecule is Cc1cc(C)c([C-](C)C)c(-c2ccccn2)c1.O=C([O-])c1ccccn1.[Sr+2]. The summed E-state index contributed by atoms with van der Waals surface area (Å²) >= 11 is 0. The molecule has 0 spiro atoms. The zero-order chi connectivity index (χ0) is 19.1. The van der Waals surface area contributed by atoms with Gasteiger partial charge in [-0.05, 0) is 31.2 Å². The molecule has 1 aromatic carbocycles. The number of rotatable bonds is 3. The molecule has 3 rings (SSSR count). The van der Waals surface area contributed by atoms with Gasteiger partial charge in [-0.25, -0.2) is 0 Å². The Bertz CT molecular complexity index is 866. The monoisotopic (exact) mass is 434 g/mol. The second-order valence-corrected chi connectivity index (χ2v) is 6.22. The van der Waals surface area contributed by atoms with Gasteiger partial charge in [-0.15, -0.1) is 17.7 Å². The van der Waals surface area contributed by atoms with Crippen molar-refractivity contribution in [2.45, 2.75) is 27.7 Å². The maximum Gasteiger partial charge on any atom is 2.00 e. The minimum Gasteiger partial charge on any atom is -0.543 e. The maximum absolute atomic E-state index is 10.0. The van der Waals surface area contributed by atoms with Crippen molar-refractivity contribution in [3.8, 4) is 11.3 Å². The predicted molar refractivity (Wildman–Crippen MR) is 107 cm³/mol. The molecule has 0 unspecified atom stereocenters. The van der Waals surface area contributed by atoms with E-state index in [-0.39, 0.29) is 51.2 Å². The van der Waals surface area contributed by atoms with Crippen molar-refractivity contribution >= 4 is 51.5 Å². The second-order valence-electron chi connectivity index (χ2n) is 6.22. The van der Waals surface area contributed by atoms with Gasteiger partial charge in [0.25, 0.3) is 0 Å². The molecule has 0 bridgehead atoms. The van der Waals surface area contributed by atoms with E-state index in [2.05, 4.69) is 55.9 Å². The van der Waals surface area contributed by atoms with Crippen molar-refractivity contribution in [2.75, 3.05) is 0 Å². The average molecular weight is 434 g/mol. The molecule has 0 amide bonds. The molecule has 2 heterocycles. The average Bonchev–Trinajstić information content (AvgIpc) is 2.62. The summed E-state index contributed by atoms with van der Waals surface area (Å²) in [5, 5.41) is 10.0. The Balaban J connectivity index is 0.000000310. The molecule has 0 N–H and O–H groups in total. The molecule has 3 aromatic rings. The number of nitrogens with zero attached hydrogens (tertiary/aromatic N) is 2. The van der Waals surface area contributed by atoms with Crippen LogP contribution in [-0.4, -0.2) is 61.4 Å². The van der Waals surface area contributed by atoms with E-state index in [1.807, 2.05) is 18.3 Å². The van der Waals surface area contributed by atoms with Crippen LogP contribution in [0, 0.1) is 19.8 Å². The van der Waals surface area contributed by atoms with Gasteiger partial charge >= 0.3 is 45.5 Å². The zero-order valence-electron chi connectivity index (χ0n) is 16.2. The van der Waals surface area contributed by atoms with Crippen LogP contribution in [0.3, 0.4) is 0 Å². The molecule has 0 fully saturated rings. The fraction of sp³-hybridized carbons (Fsp3) is 0.182. The predicted octanol–water partition coefficient (Wildman–Crippen LogP) is 3.39. The first-order chi connectivity index (χ1) is 12.4. The number of carboxylic acid groups (broad SMARTS) is 1. The maximum atomic E-state index is 10.0. The van der Waals surface area contributed by atoms with E-state index in [0.29, 0.717) is 0 Å². The number of hydrogen-bond acceptors (Lipinski definition) is 4. The molecule has 0 atom stereocenters. The Hall–Kier alpha value is -1.66. The van der Waals surface area contributed by atoms with Gasteiger partial charge in [0, 0.05) is 18.1 Å². The van der Waals surface area contributed by atoms with Crippen LogP contribution in [0.1, 0.15) is 41.0 Å². The molecule has 27 heavy (non-hydrogen) atoms. The van der Waals surface area contributed by atoms with Crippen LogP contribution < -0.4 is 5.11 Å². The van der Waals surface area contributed by atoms with Crippen LogP contribution in [0.25, 0.3) is 11.3 Å². The number of carbonyl (C=O) groups is 1.